The largest absolute Gasteiger partial charge is 0.496 e. The highest BCUT2D eigenvalue weighted by Gasteiger charge is 2.36. The second kappa shape index (κ2) is 14.5. The van der Waals surface area contributed by atoms with Crippen molar-refractivity contribution in [3.8, 4) is 17.0 Å². The maximum atomic E-state index is 12.9. The van der Waals surface area contributed by atoms with Crippen molar-refractivity contribution in [3.05, 3.63) is 28.9 Å². The first kappa shape index (κ1) is 31.6. The first-order valence-electron chi connectivity index (χ1n) is 12.1. The minimum absolute atomic E-state index is 0.0224. The summed E-state index contributed by atoms with van der Waals surface area (Å²) in [6, 6.07) is 2.68. The molecule has 1 aliphatic rings. The number of ether oxygens (including phenoxy) is 1. The fourth-order valence-corrected chi connectivity index (χ4v) is 4.58. The number of aromatic nitrogens is 2. The third kappa shape index (κ3) is 8.43. The average molecular weight is 581 g/mol. The minimum Gasteiger partial charge on any atom is -0.496 e. The van der Waals surface area contributed by atoms with Crippen molar-refractivity contribution in [2.45, 2.75) is 58.3 Å². The predicted octanol–water partition coefficient (Wildman–Crippen LogP) is 4.45. The lowest BCUT2D eigenvalue weighted by atomic mass is 9.83. The van der Waals surface area contributed by atoms with Gasteiger partial charge < -0.3 is 20.5 Å². The lowest BCUT2D eigenvalue weighted by Crippen LogP contribution is -2.33. The summed E-state index contributed by atoms with van der Waals surface area (Å²) < 4.78 is 62.2. The van der Waals surface area contributed by atoms with Crippen molar-refractivity contribution in [2.24, 2.45) is 11.8 Å². The maximum absolute atomic E-state index is 12.9. The molecule has 0 bridgehead atoms. The maximum Gasteiger partial charge on any atom is 0.408 e. The van der Waals surface area contributed by atoms with Crippen LogP contribution in [0.25, 0.3) is 11.3 Å². The van der Waals surface area contributed by atoms with Gasteiger partial charge in [0.25, 0.3) is 5.91 Å². The Hall–Kier alpha value is -2.64. The fourth-order valence-electron chi connectivity index (χ4n) is 4.26. The molecule has 1 amide bonds. The van der Waals surface area contributed by atoms with Gasteiger partial charge >= 0.3 is 17.7 Å². The smallest absolute Gasteiger partial charge is 0.408 e. The van der Waals surface area contributed by atoms with Crippen LogP contribution in [0.3, 0.4) is 0 Å². The van der Waals surface area contributed by atoms with E-state index in [1.807, 2.05) is 0 Å². The zero-order valence-electron chi connectivity index (χ0n) is 21.3. The van der Waals surface area contributed by atoms with Crippen molar-refractivity contribution in [1.29, 1.82) is 0 Å². The number of aliphatic hydroxyl groups is 1. The number of benzene rings is 1. The first-order chi connectivity index (χ1) is 18.0. The molecule has 0 unspecified atom stereocenters. The number of rotatable bonds is 9. The highest BCUT2D eigenvalue weighted by atomic mass is 35.5. The van der Waals surface area contributed by atoms with Gasteiger partial charge in [-0.1, -0.05) is 31.4 Å². The molecule has 9 nitrogen and oxygen atoms in total. The molecule has 1 fully saturated rings. The Labute approximate surface area is 227 Å². The zero-order valence-corrected chi connectivity index (χ0v) is 22.9. The minimum atomic E-state index is -4.41. The molecule has 0 radical (unpaired) electrons. The van der Waals surface area contributed by atoms with Crippen LogP contribution in [-0.4, -0.2) is 61.7 Å². The van der Waals surface area contributed by atoms with Crippen LogP contribution in [0.5, 0.6) is 5.75 Å². The lowest BCUT2D eigenvalue weighted by Gasteiger charge is -2.26. The van der Waals surface area contributed by atoms with E-state index in [1.165, 1.54) is 23.9 Å². The number of nitrogens with zero attached hydrogens (tertiary/aromatic N) is 2. The SMILES string of the molecule is COc1cc(N[C@H](C)C(F)(F)F)ccc1-c1c(Cl)c(C(=O)NCC2CCC(C)CC2)nn1CCO.O=S=O. The third-order valence-electron chi connectivity index (χ3n) is 6.44. The quantitative estimate of drug-likeness (QED) is 0.400. The number of hydrogen-bond acceptors (Lipinski definition) is 7. The molecule has 1 atom stereocenters. The molecule has 1 heterocycles. The first-order valence-corrected chi connectivity index (χ1v) is 13.1. The molecule has 3 N–H and O–H groups in total. The topological polar surface area (TPSA) is 123 Å². The van der Waals surface area contributed by atoms with Gasteiger partial charge in [0.15, 0.2) is 5.69 Å². The fraction of sp³-hybridized carbons (Fsp3) is 0.583. The van der Waals surface area contributed by atoms with Gasteiger partial charge in [0.05, 0.1) is 31.0 Å². The van der Waals surface area contributed by atoms with Gasteiger partial charge in [0.2, 0.25) is 0 Å². The van der Waals surface area contributed by atoms with E-state index in [0.717, 1.165) is 32.6 Å². The molecule has 0 aliphatic heterocycles. The van der Waals surface area contributed by atoms with Gasteiger partial charge in [0.1, 0.15) is 11.8 Å². The Kier molecular flexibility index (Phi) is 12.0. The number of carbonyl (C=O) groups is 1. The van der Waals surface area contributed by atoms with E-state index in [9.17, 15) is 23.1 Å². The van der Waals surface area contributed by atoms with Gasteiger partial charge in [0, 0.05) is 23.9 Å². The van der Waals surface area contributed by atoms with Crippen LogP contribution in [0.1, 0.15) is 50.0 Å². The Balaban J connectivity index is 0.00000161. The van der Waals surface area contributed by atoms with E-state index >= 15 is 0 Å². The highest BCUT2D eigenvalue weighted by Crippen LogP contribution is 2.39. The molecule has 38 heavy (non-hydrogen) atoms. The summed E-state index contributed by atoms with van der Waals surface area (Å²) in [4.78, 5) is 12.9. The Morgan fingerprint density at radius 2 is 1.92 bits per heavy atom. The summed E-state index contributed by atoms with van der Waals surface area (Å²) in [6.07, 6.45) is -0.00708. The Bertz CT molecular complexity index is 1120. The number of aliphatic hydroxyl groups excluding tert-OH is 1. The van der Waals surface area contributed by atoms with Crippen LogP contribution in [0.15, 0.2) is 18.2 Å². The van der Waals surface area contributed by atoms with Crippen LogP contribution in [0.4, 0.5) is 18.9 Å². The van der Waals surface area contributed by atoms with Crippen molar-refractivity contribution in [3.63, 3.8) is 0 Å². The van der Waals surface area contributed by atoms with Crippen LogP contribution in [-0.2, 0) is 18.1 Å². The van der Waals surface area contributed by atoms with Gasteiger partial charge in [-0.3, -0.25) is 9.48 Å². The summed E-state index contributed by atoms with van der Waals surface area (Å²) in [5, 5.41) is 19.2. The number of alkyl halides is 3. The van der Waals surface area contributed by atoms with Crippen molar-refractivity contribution < 1.29 is 36.2 Å². The average Bonchev–Trinajstić information content (AvgIpc) is 3.19. The normalized spacial score (nSPS) is 18.1. The van der Waals surface area contributed by atoms with Crippen LogP contribution in [0, 0.1) is 11.8 Å². The number of amides is 1. The molecule has 1 aliphatic carbocycles. The molecular weight excluding hydrogens is 549 g/mol. The van der Waals surface area contributed by atoms with Crippen molar-refractivity contribution in [2.75, 3.05) is 25.6 Å². The number of nitrogens with one attached hydrogen (secondary N) is 2. The molecule has 1 aromatic heterocycles. The summed E-state index contributed by atoms with van der Waals surface area (Å²) in [6.45, 7) is 3.60. The number of anilines is 1. The van der Waals surface area contributed by atoms with Gasteiger partial charge in [-0.15, -0.1) is 0 Å². The molecule has 0 spiro atoms. The molecular formula is C24H32ClF3N4O5S. The van der Waals surface area contributed by atoms with Crippen LogP contribution >= 0.6 is 11.6 Å². The molecule has 2 aromatic rings. The van der Waals surface area contributed by atoms with Crippen molar-refractivity contribution in [1.82, 2.24) is 15.1 Å². The lowest BCUT2D eigenvalue weighted by molar-refractivity contribution is -0.138. The Morgan fingerprint density at radius 3 is 2.47 bits per heavy atom. The van der Waals surface area contributed by atoms with Gasteiger partial charge in [-0.05, 0) is 43.7 Å². The van der Waals surface area contributed by atoms with E-state index in [-0.39, 0.29) is 35.3 Å². The third-order valence-corrected chi connectivity index (χ3v) is 6.80. The second-order valence-corrected chi connectivity index (χ2v) is 9.70. The number of hydrogen-bond donors (Lipinski definition) is 3. The Morgan fingerprint density at radius 1 is 1.29 bits per heavy atom. The predicted molar refractivity (Wildman–Crippen MR) is 138 cm³/mol. The number of methoxy groups -OCH3 is 1. The molecule has 1 saturated carbocycles. The molecule has 0 saturated heterocycles. The van der Waals surface area contributed by atoms with E-state index in [4.69, 9.17) is 24.8 Å². The second-order valence-electron chi connectivity index (χ2n) is 9.18. The summed E-state index contributed by atoms with van der Waals surface area (Å²) in [5.74, 6) is 0.949. The van der Waals surface area contributed by atoms with Gasteiger partial charge in [-0.2, -0.15) is 26.7 Å². The van der Waals surface area contributed by atoms with Crippen LogP contribution in [0.2, 0.25) is 5.02 Å². The molecule has 1 aromatic carbocycles. The van der Waals surface area contributed by atoms with E-state index in [0.29, 0.717) is 29.6 Å². The summed E-state index contributed by atoms with van der Waals surface area (Å²) in [7, 11) is 1.38. The monoisotopic (exact) mass is 580 g/mol. The molecule has 14 heteroatoms. The number of carbonyl (C=O) groups excluding carboxylic acids is 1. The highest BCUT2D eigenvalue weighted by molar-refractivity contribution is 7.51. The van der Waals surface area contributed by atoms with E-state index in [2.05, 4.69) is 22.7 Å². The van der Waals surface area contributed by atoms with E-state index < -0.39 is 29.7 Å². The van der Waals surface area contributed by atoms with Crippen molar-refractivity contribution >= 4 is 34.8 Å². The molecule has 3 rings (SSSR count). The van der Waals surface area contributed by atoms with Crippen LogP contribution < -0.4 is 15.4 Å². The number of halogens is 4. The van der Waals surface area contributed by atoms with E-state index in [1.54, 1.807) is 6.07 Å². The van der Waals surface area contributed by atoms with Gasteiger partial charge in [-0.25, -0.2) is 0 Å². The standard InChI is InChI=1S/C24H32ClF3N4O3.O2S/c1-14-4-6-16(7-5-14)13-29-23(34)21-20(25)22(32(31-21)10-11-33)18-9-8-17(12-19(18)35-3)30-15(2)24(26,27)28;1-3-2/h8-9,12,14-16,30,33H,4-7,10-11,13H2,1-3H3,(H,29,34);/t14?,15-,16?;/m1./s1. The summed E-state index contributed by atoms with van der Waals surface area (Å²) >= 11 is 5.85. The summed E-state index contributed by atoms with van der Waals surface area (Å²) in [5.41, 5.74) is 1.00. The molecule has 212 valence electrons. The zero-order chi connectivity index (χ0) is 28.5.